The Bertz CT molecular complexity index is 156. The Labute approximate surface area is 87.6 Å². The molecule has 58 valence electrons. The predicted octanol–water partition coefficient (Wildman–Crippen LogP) is -2.36. The van der Waals surface area contributed by atoms with Gasteiger partial charge in [-0.25, -0.2) is 0 Å². The molecule has 0 fully saturated rings. The van der Waals surface area contributed by atoms with Gasteiger partial charge in [-0.05, 0) is 0 Å². The molecule has 0 aromatic rings. The Kier molecular flexibility index (Phi) is 14.6. The van der Waals surface area contributed by atoms with Crippen molar-refractivity contribution in [1.82, 2.24) is 0 Å². The van der Waals surface area contributed by atoms with Crippen LogP contribution >= 0.6 is 8.25 Å². The summed E-state index contributed by atoms with van der Waals surface area (Å²) in [5, 5.41) is 0. The normalized spacial score (nSPS) is 9.30. The van der Waals surface area contributed by atoms with Crippen molar-refractivity contribution in [1.29, 1.82) is 0 Å². The number of hydrogen-bond donors (Lipinski definition) is 2. The summed E-state index contributed by atoms with van der Waals surface area (Å²) >= 11 is 0. The molecule has 2 N–H and O–H groups in total. The second kappa shape index (κ2) is 8.38. The second-order valence-corrected chi connectivity index (χ2v) is 2.07. The third-order valence-corrected chi connectivity index (χ3v) is 0. The predicted molar refractivity (Wildman–Crippen MR) is 29.7 cm³/mol. The number of hydrogen-bond acceptors (Lipinski definition) is 5. The minimum atomic E-state index is -5.17. The molecule has 0 amide bonds. The summed E-state index contributed by atoms with van der Waals surface area (Å²) < 4.78 is 42.8. The first-order valence-corrected chi connectivity index (χ1v) is 3.95. The molecule has 0 aliphatic rings. The Hall–Kier alpha value is 1.28. The third-order valence-electron chi connectivity index (χ3n) is 0. The molecule has 0 unspecified atom stereocenters. The summed E-state index contributed by atoms with van der Waals surface area (Å²) in [7, 11) is -8.30. The summed E-state index contributed by atoms with van der Waals surface area (Å²) in [5.41, 5.74) is 0. The maximum absolute atomic E-state index is 8.74. The van der Waals surface area contributed by atoms with Gasteiger partial charge in [0.05, 0.1) is 0 Å². The van der Waals surface area contributed by atoms with Crippen molar-refractivity contribution in [3.05, 3.63) is 0 Å². The molecule has 0 aromatic carbocycles. The summed E-state index contributed by atoms with van der Waals surface area (Å²) in [4.78, 5) is 14.3. The van der Waals surface area contributed by atoms with Crippen molar-refractivity contribution in [3.8, 4) is 0 Å². The quantitative estimate of drug-likeness (QED) is 0.201. The van der Waals surface area contributed by atoms with Gasteiger partial charge in [-0.1, -0.05) is 0 Å². The molecule has 0 aliphatic carbocycles. The van der Waals surface area contributed by atoms with E-state index >= 15 is 0 Å². The van der Waals surface area contributed by atoms with Crippen LogP contribution in [0.15, 0.2) is 0 Å². The van der Waals surface area contributed by atoms with E-state index in [0.717, 1.165) is 0 Å². The van der Waals surface area contributed by atoms with Crippen molar-refractivity contribution < 1.29 is 31.9 Å². The molecule has 0 rings (SSSR count). The molecule has 0 spiro atoms. The first-order valence-electron chi connectivity index (χ1n) is 1.32. The van der Waals surface area contributed by atoms with Crippen LogP contribution in [0.4, 0.5) is 0 Å². The average molecular weight is 218 g/mol. The van der Waals surface area contributed by atoms with E-state index in [4.69, 9.17) is 31.9 Å². The van der Waals surface area contributed by atoms with Gasteiger partial charge in [-0.3, -0.25) is 13.0 Å². The van der Waals surface area contributed by atoms with E-state index < -0.39 is 18.7 Å². The maximum atomic E-state index is 8.74. The topological polar surface area (TPSA) is 138 Å². The van der Waals surface area contributed by atoms with Crippen LogP contribution in [0, 0.1) is 0 Å². The summed E-state index contributed by atoms with van der Waals surface area (Å²) in [5.74, 6) is 0. The van der Waals surface area contributed by atoms with Gasteiger partial charge in [0, 0.05) is 10.4 Å². The fourth-order valence-electron chi connectivity index (χ4n) is 0. The SMILES string of the molecule is O=S(=O)([O-])[O-].O=[PH](O)O.[Ca+2]. The standard InChI is InChI=1S/Ca.H2O4S.H3O3P/c;1-5(2,3)4;1-4(2)3/h;(H2,1,2,3,4);4H,(H2,1,2,3)/q+2;;/p-2. The van der Waals surface area contributed by atoms with E-state index in [1.54, 1.807) is 0 Å². The monoisotopic (exact) mass is 218 g/mol. The van der Waals surface area contributed by atoms with Gasteiger partial charge < -0.3 is 18.9 Å². The molecule has 0 radical (unpaired) electrons. The zero-order valence-corrected chi connectivity index (χ0v) is 8.58. The van der Waals surface area contributed by atoms with Crippen LogP contribution in [0.3, 0.4) is 0 Å². The van der Waals surface area contributed by atoms with Crippen LogP contribution in [0.2, 0.25) is 0 Å². The average Bonchev–Trinajstić information content (AvgIpc) is 1.19. The van der Waals surface area contributed by atoms with E-state index in [1.807, 2.05) is 0 Å². The molecular formula is H3CaO7PS. The van der Waals surface area contributed by atoms with Crippen LogP contribution in [-0.2, 0) is 15.0 Å². The third kappa shape index (κ3) is 388. The van der Waals surface area contributed by atoms with E-state index in [1.165, 1.54) is 0 Å². The molecule has 10 heavy (non-hydrogen) atoms. The molecule has 0 saturated carbocycles. The van der Waals surface area contributed by atoms with Gasteiger partial charge in [-0.2, -0.15) is 0 Å². The Morgan fingerprint density at radius 3 is 1.20 bits per heavy atom. The summed E-state index contributed by atoms with van der Waals surface area (Å²) in [6.45, 7) is 0. The first kappa shape index (κ1) is 17.4. The van der Waals surface area contributed by atoms with Crippen molar-refractivity contribution in [3.63, 3.8) is 0 Å². The van der Waals surface area contributed by atoms with E-state index in [2.05, 4.69) is 0 Å². The molecule has 0 atom stereocenters. The smallest absolute Gasteiger partial charge is 0.759 e. The Morgan fingerprint density at radius 2 is 1.20 bits per heavy atom. The molecule has 7 nitrogen and oxygen atoms in total. The van der Waals surface area contributed by atoms with Gasteiger partial charge in [0.15, 0.2) is 0 Å². The zero-order chi connectivity index (χ0) is 8.08. The molecule has 10 heteroatoms. The first-order chi connectivity index (χ1) is 3.73. The van der Waals surface area contributed by atoms with Gasteiger partial charge in [0.2, 0.25) is 0 Å². The molecule has 0 aliphatic heterocycles. The van der Waals surface area contributed by atoms with Crippen LogP contribution in [0.25, 0.3) is 0 Å². The van der Waals surface area contributed by atoms with Crippen molar-refractivity contribution in [2.75, 3.05) is 0 Å². The summed E-state index contributed by atoms with van der Waals surface area (Å²) in [6.07, 6.45) is 0. The molecular weight excluding hydrogens is 215 g/mol. The van der Waals surface area contributed by atoms with Crippen molar-refractivity contribution in [2.45, 2.75) is 0 Å². The van der Waals surface area contributed by atoms with Gasteiger partial charge in [0.1, 0.15) is 0 Å². The van der Waals surface area contributed by atoms with E-state index in [0.29, 0.717) is 0 Å². The molecule has 0 aromatic heterocycles. The minimum absolute atomic E-state index is 0. The number of rotatable bonds is 0. The molecule has 0 heterocycles. The Balaban J connectivity index is -0.0000000910. The van der Waals surface area contributed by atoms with E-state index in [9.17, 15) is 0 Å². The van der Waals surface area contributed by atoms with Crippen LogP contribution < -0.4 is 0 Å². The zero-order valence-electron chi connectivity index (χ0n) is 4.55. The Morgan fingerprint density at radius 1 is 1.20 bits per heavy atom. The maximum Gasteiger partial charge on any atom is 2.00 e. The summed E-state index contributed by atoms with van der Waals surface area (Å²) in [6, 6.07) is 0. The largest absolute Gasteiger partial charge is 2.00 e. The molecule has 0 saturated heterocycles. The fourth-order valence-corrected chi connectivity index (χ4v) is 0. The second-order valence-electron chi connectivity index (χ2n) is 0.691. The van der Waals surface area contributed by atoms with Crippen LogP contribution in [-0.4, -0.2) is 65.0 Å². The fraction of sp³-hybridized carbons (Fsp3) is 0. The van der Waals surface area contributed by atoms with Crippen LogP contribution in [0.1, 0.15) is 0 Å². The van der Waals surface area contributed by atoms with Crippen molar-refractivity contribution >= 4 is 56.4 Å². The van der Waals surface area contributed by atoms with Gasteiger partial charge in [-0.15, -0.1) is 0 Å². The minimum Gasteiger partial charge on any atom is -0.759 e. The van der Waals surface area contributed by atoms with E-state index in [-0.39, 0.29) is 37.7 Å². The van der Waals surface area contributed by atoms with Gasteiger partial charge in [0.25, 0.3) is 0 Å². The van der Waals surface area contributed by atoms with Gasteiger partial charge >= 0.3 is 46.0 Å². The van der Waals surface area contributed by atoms with Crippen molar-refractivity contribution in [2.24, 2.45) is 0 Å². The molecule has 0 bridgehead atoms. The van der Waals surface area contributed by atoms with Crippen LogP contribution in [0.5, 0.6) is 0 Å².